The topological polar surface area (TPSA) is 58.2 Å². The summed E-state index contributed by atoms with van der Waals surface area (Å²) in [6, 6.07) is 5.13. The van der Waals surface area contributed by atoms with E-state index in [0.29, 0.717) is 28.1 Å². The molecule has 0 heterocycles. The van der Waals surface area contributed by atoms with Gasteiger partial charge in [-0.15, -0.1) is 0 Å². The maximum absolute atomic E-state index is 11.7. The second-order valence-electron chi connectivity index (χ2n) is 3.34. The second-order valence-corrected chi connectivity index (χ2v) is 4.57. The van der Waals surface area contributed by atoms with Crippen LogP contribution in [0.3, 0.4) is 0 Å². The van der Waals surface area contributed by atoms with Crippen LogP contribution in [0.5, 0.6) is 0 Å². The summed E-state index contributed by atoms with van der Waals surface area (Å²) in [5, 5.41) is 5.63. The standard InChI is InChI=1S/C11H12BrClN2O2/c1-7(16)14-5-6-15-11(17)8-3-2-4-9(12)10(8)13/h2-4H,5-6H2,1H3,(H,14,16)(H,15,17). The molecule has 0 spiro atoms. The first kappa shape index (κ1) is 14.0. The summed E-state index contributed by atoms with van der Waals surface area (Å²) in [6.07, 6.45) is 0. The van der Waals surface area contributed by atoms with Gasteiger partial charge in [0.15, 0.2) is 0 Å². The molecule has 92 valence electrons. The lowest BCUT2D eigenvalue weighted by Gasteiger charge is -2.07. The van der Waals surface area contributed by atoms with Gasteiger partial charge in [0, 0.05) is 24.5 Å². The van der Waals surface area contributed by atoms with Gasteiger partial charge >= 0.3 is 0 Å². The van der Waals surface area contributed by atoms with Crippen LogP contribution >= 0.6 is 27.5 Å². The maximum atomic E-state index is 11.7. The zero-order chi connectivity index (χ0) is 12.8. The lowest BCUT2D eigenvalue weighted by atomic mass is 10.2. The Bertz CT molecular complexity index is 437. The second kappa shape index (κ2) is 6.61. The van der Waals surface area contributed by atoms with Gasteiger partial charge < -0.3 is 10.6 Å². The van der Waals surface area contributed by atoms with Gasteiger partial charge in [-0.2, -0.15) is 0 Å². The van der Waals surface area contributed by atoms with Crippen LogP contribution in [0.4, 0.5) is 0 Å². The van der Waals surface area contributed by atoms with E-state index in [1.165, 1.54) is 6.92 Å². The third-order valence-corrected chi connectivity index (χ3v) is 3.28. The van der Waals surface area contributed by atoms with Crippen LogP contribution in [0.15, 0.2) is 22.7 Å². The summed E-state index contributed by atoms with van der Waals surface area (Å²) in [7, 11) is 0. The predicted octanol–water partition coefficient (Wildman–Crippen LogP) is 1.97. The van der Waals surface area contributed by atoms with Crippen molar-refractivity contribution < 1.29 is 9.59 Å². The van der Waals surface area contributed by atoms with Crippen molar-refractivity contribution >= 4 is 39.3 Å². The molecular formula is C11H12BrClN2O2. The Hall–Kier alpha value is -1.07. The molecule has 0 saturated carbocycles. The van der Waals surface area contributed by atoms with E-state index >= 15 is 0 Å². The average Bonchev–Trinajstić information content (AvgIpc) is 2.27. The fourth-order valence-corrected chi connectivity index (χ4v) is 1.77. The van der Waals surface area contributed by atoms with Crippen LogP contribution < -0.4 is 10.6 Å². The third-order valence-electron chi connectivity index (χ3n) is 1.98. The van der Waals surface area contributed by atoms with Gasteiger partial charge in [-0.3, -0.25) is 9.59 Å². The smallest absolute Gasteiger partial charge is 0.252 e. The normalized spacial score (nSPS) is 9.82. The highest BCUT2D eigenvalue weighted by Gasteiger charge is 2.11. The first-order valence-corrected chi connectivity index (χ1v) is 6.16. The largest absolute Gasteiger partial charge is 0.355 e. The first-order chi connectivity index (χ1) is 8.02. The molecule has 17 heavy (non-hydrogen) atoms. The molecule has 0 bridgehead atoms. The van der Waals surface area contributed by atoms with Gasteiger partial charge in [-0.05, 0) is 28.1 Å². The molecule has 0 saturated heterocycles. The minimum Gasteiger partial charge on any atom is -0.355 e. The zero-order valence-corrected chi connectivity index (χ0v) is 11.6. The highest BCUT2D eigenvalue weighted by atomic mass is 79.9. The molecule has 2 amide bonds. The summed E-state index contributed by atoms with van der Waals surface area (Å²) in [5.41, 5.74) is 0.406. The molecule has 6 heteroatoms. The Morgan fingerprint density at radius 1 is 1.29 bits per heavy atom. The van der Waals surface area contributed by atoms with Crippen molar-refractivity contribution in [1.29, 1.82) is 0 Å². The SMILES string of the molecule is CC(=O)NCCNC(=O)c1cccc(Br)c1Cl. The van der Waals surface area contributed by atoms with E-state index in [9.17, 15) is 9.59 Å². The molecule has 0 aliphatic carbocycles. The minimum atomic E-state index is -0.262. The van der Waals surface area contributed by atoms with E-state index in [1.807, 2.05) is 0 Å². The number of amides is 2. The van der Waals surface area contributed by atoms with E-state index in [0.717, 1.165) is 0 Å². The first-order valence-electron chi connectivity index (χ1n) is 4.99. The molecule has 1 rings (SSSR count). The molecule has 0 atom stereocenters. The molecule has 1 aromatic carbocycles. The van der Waals surface area contributed by atoms with Crippen molar-refractivity contribution in [2.24, 2.45) is 0 Å². The van der Waals surface area contributed by atoms with Gasteiger partial charge in [0.1, 0.15) is 0 Å². The fraction of sp³-hybridized carbons (Fsp3) is 0.273. The van der Waals surface area contributed by atoms with Crippen molar-refractivity contribution in [3.05, 3.63) is 33.3 Å². The van der Waals surface area contributed by atoms with Crippen LogP contribution in [0.25, 0.3) is 0 Å². The number of nitrogens with one attached hydrogen (secondary N) is 2. The molecular weight excluding hydrogens is 307 g/mol. The molecule has 0 aromatic heterocycles. The van der Waals surface area contributed by atoms with Crippen LogP contribution in [-0.2, 0) is 4.79 Å². The summed E-state index contributed by atoms with van der Waals surface area (Å²) in [6.45, 7) is 2.18. The van der Waals surface area contributed by atoms with Crippen molar-refractivity contribution in [1.82, 2.24) is 10.6 Å². The number of halogens is 2. The fourth-order valence-electron chi connectivity index (χ4n) is 1.19. The Morgan fingerprint density at radius 3 is 2.59 bits per heavy atom. The monoisotopic (exact) mass is 318 g/mol. The maximum Gasteiger partial charge on any atom is 0.252 e. The number of hydrogen-bond acceptors (Lipinski definition) is 2. The van der Waals surface area contributed by atoms with E-state index in [1.54, 1.807) is 18.2 Å². The summed E-state index contributed by atoms with van der Waals surface area (Å²) >= 11 is 9.22. The van der Waals surface area contributed by atoms with Crippen LogP contribution in [0.1, 0.15) is 17.3 Å². The van der Waals surface area contributed by atoms with Crippen molar-refractivity contribution in [2.45, 2.75) is 6.92 Å². The van der Waals surface area contributed by atoms with Gasteiger partial charge in [-0.25, -0.2) is 0 Å². The highest BCUT2D eigenvalue weighted by molar-refractivity contribution is 9.10. The molecule has 1 aromatic rings. The molecule has 0 aliphatic heterocycles. The Balaban J connectivity index is 2.53. The van der Waals surface area contributed by atoms with E-state index < -0.39 is 0 Å². The molecule has 0 fully saturated rings. The summed E-state index contributed by atoms with van der Waals surface area (Å²) < 4.78 is 0.675. The predicted molar refractivity (Wildman–Crippen MR) is 70.2 cm³/mol. The van der Waals surface area contributed by atoms with Crippen LogP contribution in [-0.4, -0.2) is 24.9 Å². The Labute approximate surface area is 113 Å². The van der Waals surface area contributed by atoms with Gasteiger partial charge in [0.2, 0.25) is 5.91 Å². The summed E-state index contributed by atoms with van der Waals surface area (Å²) in [4.78, 5) is 22.3. The number of hydrogen-bond donors (Lipinski definition) is 2. The van der Waals surface area contributed by atoms with Crippen LogP contribution in [0, 0.1) is 0 Å². The highest BCUT2D eigenvalue weighted by Crippen LogP contribution is 2.25. The van der Waals surface area contributed by atoms with Crippen molar-refractivity contribution in [3.8, 4) is 0 Å². The van der Waals surface area contributed by atoms with Crippen LogP contribution in [0.2, 0.25) is 5.02 Å². The van der Waals surface area contributed by atoms with Gasteiger partial charge in [0.05, 0.1) is 10.6 Å². The minimum absolute atomic E-state index is 0.125. The quantitative estimate of drug-likeness (QED) is 0.834. The van der Waals surface area contributed by atoms with E-state index in [2.05, 4.69) is 26.6 Å². The molecule has 0 aliphatic rings. The third kappa shape index (κ3) is 4.36. The van der Waals surface area contributed by atoms with E-state index in [-0.39, 0.29) is 11.8 Å². The van der Waals surface area contributed by atoms with Crippen molar-refractivity contribution in [3.63, 3.8) is 0 Å². The molecule has 4 nitrogen and oxygen atoms in total. The zero-order valence-electron chi connectivity index (χ0n) is 9.22. The number of benzene rings is 1. The lowest BCUT2D eigenvalue weighted by molar-refractivity contribution is -0.118. The van der Waals surface area contributed by atoms with Gasteiger partial charge in [0.25, 0.3) is 5.91 Å². The lowest BCUT2D eigenvalue weighted by Crippen LogP contribution is -2.33. The summed E-state index contributed by atoms with van der Waals surface area (Å²) in [5.74, 6) is -0.388. The Kier molecular flexibility index (Phi) is 5.44. The number of carbonyl (C=O) groups excluding carboxylic acids is 2. The number of rotatable bonds is 4. The molecule has 0 unspecified atom stereocenters. The molecule has 0 radical (unpaired) electrons. The average molecular weight is 320 g/mol. The number of carbonyl (C=O) groups is 2. The Morgan fingerprint density at radius 2 is 1.94 bits per heavy atom. The molecule has 2 N–H and O–H groups in total. The van der Waals surface area contributed by atoms with E-state index in [4.69, 9.17) is 11.6 Å². The van der Waals surface area contributed by atoms with Crippen molar-refractivity contribution in [2.75, 3.05) is 13.1 Å². The van der Waals surface area contributed by atoms with Gasteiger partial charge in [-0.1, -0.05) is 17.7 Å².